The molecule has 3 rings (SSSR count). The molecule has 0 bridgehead atoms. The lowest BCUT2D eigenvalue weighted by atomic mass is 10.0. The second-order valence-corrected chi connectivity index (χ2v) is 6.30. The van der Waals surface area contributed by atoms with Crippen LogP contribution >= 0.6 is 0 Å². The highest BCUT2D eigenvalue weighted by Crippen LogP contribution is 2.26. The molecule has 0 spiro atoms. The van der Waals surface area contributed by atoms with Gasteiger partial charge in [-0.1, -0.05) is 48.0 Å². The van der Waals surface area contributed by atoms with E-state index in [0.717, 1.165) is 28.7 Å². The molecule has 0 aliphatic rings. The Hall–Kier alpha value is -3.38. The first-order valence-corrected chi connectivity index (χ1v) is 8.68. The topological polar surface area (TPSA) is 26.3 Å². The van der Waals surface area contributed by atoms with E-state index in [-0.39, 0.29) is 5.75 Å². The van der Waals surface area contributed by atoms with E-state index in [2.05, 4.69) is 5.92 Å². The Morgan fingerprint density at radius 3 is 2.30 bits per heavy atom. The second-order valence-electron chi connectivity index (χ2n) is 6.30. The summed E-state index contributed by atoms with van der Waals surface area (Å²) in [5.41, 5.74) is 4.17. The molecular weight excluding hydrogens is 339 g/mol. The maximum atomic E-state index is 14.4. The van der Waals surface area contributed by atoms with Gasteiger partial charge in [-0.05, 0) is 54.3 Å². The number of carbonyl (C=O) groups is 1. The minimum atomic E-state index is -0.597. The number of benzene rings is 3. The lowest BCUT2D eigenvalue weighted by Crippen LogP contribution is -2.09. The Morgan fingerprint density at radius 2 is 1.67 bits per heavy atom. The van der Waals surface area contributed by atoms with Crippen LogP contribution in [0.25, 0.3) is 11.1 Å². The molecule has 2 nitrogen and oxygen atoms in total. The molecule has 0 aliphatic carbocycles. The maximum absolute atomic E-state index is 14.4. The first-order chi connectivity index (χ1) is 13.1. The van der Waals surface area contributed by atoms with Crippen LogP contribution in [0.3, 0.4) is 0 Å². The van der Waals surface area contributed by atoms with Crippen LogP contribution in [0.15, 0.2) is 66.7 Å². The van der Waals surface area contributed by atoms with Crippen molar-refractivity contribution in [2.24, 2.45) is 0 Å². The third kappa shape index (κ3) is 4.62. The number of rotatable bonds is 5. The van der Waals surface area contributed by atoms with Gasteiger partial charge in [-0.25, -0.2) is 9.18 Å². The van der Waals surface area contributed by atoms with E-state index >= 15 is 0 Å². The quantitative estimate of drug-likeness (QED) is 0.338. The van der Waals surface area contributed by atoms with Crippen molar-refractivity contribution in [1.82, 2.24) is 0 Å². The number of esters is 1. The number of aryl methyl sites for hydroxylation is 2. The summed E-state index contributed by atoms with van der Waals surface area (Å²) < 4.78 is 19.6. The van der Waals surface area contributed by atoms with Crippen molar-refractivity contribution >= 4 is 5.97 Å². The van der Waals surface area contributed by atoms with Crippen molar-refractivity contribution in [3.63, 3.8) is 0 Å². The molecule has 0 saturated carbocycles. The van der Waals surface area contributed by atoms with Crippen LogP contribution in [-0.4, -0.2) is 5.97 Å². The van der Waals surface area contributed by atoms with Gasteiger partial charge in [0, 0.05) is 6.42 Å². The summed E-state index contributed by atoms with van der Waals surface area (Å²) in [6, 6.07) is 19.3. The highest BCUT2D eigenvalue weighted by molar-refractivity contribution is 5.91. The van der Waals surface area contributed by atoms with E-state index in [1.165, 1.54) is 12.1 Å². The molecule has 3 heteroatoms. The third-order valence-corrected chi connectivity index (χ3v) is 4.27. The lowest BCUT2D eigenvalue weighted by Gasteiger charge is -2.08. The molecule has 0 saturated heterocycles. The van der Waals surface area contributed by atoms with E-state index in [0.29, 0.717) is 12.0 Å². The predicted octanol–water partition coefficient (Wildman–Crippen LogP) is 5.59. The standard InChI is InChI=1S/C24H19FO2/c1-3-4-5-18-8-12-20(13-9-18)24(26)27-23-15-14-21(16-22(23)25)19-10-6-17(2)7-11-19/h1,6-16H,4-5H2,2H3. The summed E-state index contributed by atoms with van der Waals surface area (Å²) in [5, 5.41) is 0. The fraction of sp³-hybridized carbons (Fsp3) is 0.125. The van der Waals surface area contributed by atoms with Gasteiger partial charge >= 0.3 is 5.97 Å². The zero-order valence-corrected chi connectivity index (χ0v) is 15.0. The second kappa shape index (κ2) is 8.33. The number of carbonyl (C=O) groups excluding carboxylic acids is 1. The Labute approximate surface area is 158 Å². The molecule has 3 aromatic carbocycles. The van der Waals surface area contributed by atoms with Gasteiger partial charge in [-0.3, -0.25) is 0 Å². The summed E-state index contributed by atoms with van der Waals surface area (Å²) in [6.07, 6.45) is 6.64. The van der Waals surface area contributed by atoms with E-state index in [1.54, 1.807) is 18.2 Å². The van der Waals surface area contributed by atoms with Crippen molar-refractivity contribution in [3.05, 3.63) is 89.2 Å². The molecule has 3 aromatic rings. The van der Waals surface area contributed by atoms with Crippen molar-refractivity contribution < 1.29 is 13.9 Å². The van der Waals surface area contributed by atoms with E-state index in [9.17, 15) is 9.18 Å². The van der Waals surface area contributed by atoms with Crippen molar-refractivity contribution in [1.29, 1.82) is 0 Å². The third-order valence-electron chi connectivity index (χ3n) is 4.27. The molecule has 0 fully saturated rings. The summed E-state index contributed by atoms with van der Waals surface area (Å²) >= 11 is 0. The Bertz CT molecular complexity index is 980. The van der Waals surface area contributed by atoms with Crippen LogP contribution in [0.4, 0.5) is 4.39 Å². The SMILES string of the molecule is C#CCCc1ccc(C(=O)Oc2ccc(-c3ccc(C)cc3)cc2F)cc1. The van der Waals surface area contributed by atoms with Crippen molar-refractivity contribution in [2.75, 3.05) is 0 Å². The summed E-state index contributed by atoms with van der Waals surface area (Å²) in [4.78, 5) is 12.3. The summed E-state index contributed by atoms with van der Waals surface area (Å²) in [6.45, 7) is 1.99. The van der Waals surface area contributed by atoms with Gasteiger partial charge in [0.2, 0.25) is 0 Å². The molecule has 27 heavy (non-hydrogen) atoms. The van der Waals surface area contributed by atoms with Crippen LogP contribution in [0.2, 0.25) is 0 Å². The molecule has 0 heterocycles. The molecule has 0 radical (unpaired) electrons. The summed E-state index contributed by atoms with van der Waals surface area (Å²) in [5.74, 6) is 1.31. The Morgan fingerprint density at radius 1 is 1.00 bits per heavy atom. The number of ether oxygens (including phenoxy) is 1. The highest BCUT2D eigenvalue weighted by Gasteiger charge is 2.13. The van der Waals surface area contributed by atoms with Gasteiger partial charge in [0.25, 0.3) is 0 Å². The predicted molar refractivity (Wildman–Crippen MR) is 105 cm³/mol. The van der Waals surface area contributed by atoms with Crippen LogP contribution in [0, 0.1) is 25.1 Å². The van der Waals surface area contributed by atoms with Gasteiger partial charge in [0.15, 0.2) is 11.6 Å². The molecule has 0 aliphatic heterocycles. The molecule has 0 unspecified atom stereocenters. The zero-order valence-electron chi connectivity index (χ0n) is 15.0. The highest BCUT2D eigenvalue weighted by atomic mass is 19.1. The monoisotopic (exact) mass is 358 g/mol. The Balaban J connectivity index is 1.72. The van der Waals surface area contributed by atoms with Gasteiger partial charge in [-0.15, -0.1) is 12.3 Å². The smallest absolute Gasteiger partial charge is 0.343 e. The fourth-order valence-corrected chi connectivity index (χ4v) is 2.69. The number of halogens is 1. The van der Waals surface area contributed by atoms with Gasteiger partial charge in [0.05, 0.1) is 5.56 Å². The van der Waals surface area contributed by atoms with Crippen LogP contribution in [0.5, 0.6) is 5.75 Å². The van der Waals surface area contributed by atoms with Gasteiger partial charge in [0.1, 0.15) is 0 Å². The zero-order chi connectivity index (χ0) is 19.2. The minimum Gasteiger partial charge on any atom is -0.420 e. The molecule has 0 N–H and O–H groups in total. The fourth-order valence-electron chi connectivity index (χ4n) is 2.69. The minimum absolute atomic E-state index is 0.0905. The van der Waals surface area contributed by atoms with Crippen molar-refractivity contribution in [3.8, 4) is 29.2 Å². The van der Waals surface area contributed by atoms with E-state index in [4.69, 9.17) is 11.2 Å². The van der Waals surface area contributed by atoms with E-state index < -0.39 is 11.8 Å². The molecule has 0 amide bonds. The Kier molecular flexibility index (Phi) is 5.68. The number of hydrogen-bond donors (Lipinski definition) is 0. The van der Waals surface area contributed by atoms with Crippen molar-refractivity contribution in [2.45, 2.75) is 19.8 Å². The number of terminal acetylenes is 1. The normalized spacial score (nSPS) is 10.3. The average molecular weight is 358 g/mol. The molecule has 134 valence electrons. The first kappa shape index (κ1) is 18.4. The molecule has 0 atom stereocenters. The van der Waals surface area contributed by atoms with Crippen LogP contribution in [-0.2, 0) is 6.42 Å². The largest absolute Gasteiger partial charge is 0.420 e. The van der Waals surface area contributed by atoms with Crippen LogP contribution < -0.4 is 4.74 Å². The van der Waals surface area contributed by atoms with E-state index in [1.807, 2.05) is 43.3 Å². The van der Waals surface area contributed by atoms with Crippen LogP contribution in [0.1, 0.15) is 27.9 Å². The summed E-state index contributed by atoms with van der Waals surface area (Å²) in [7, 11) is 0. The maximum Gasteiger partial charge on any atom is 0.343 e. The average Bonchev–Trinajstić information content (AvgIpc) is 2.69. The van der Waals surface area contributed by atoms with Gasteiger partial charge in [-0.2, -0.15) is 0 Å². The first-order valence-electron chi connectivity index (χ1n) is 8.68. The lowest BCUT2D eigenvalue weighted by molar-refractivity contribution is 0.0728. The molecular formula is C24H19FO2. The number of hydrogen-bond acceptors (Lipinski definition) is 2. The molecule has 0 aromatic heterocycles. The van der Waals surface area contributed by atoms with Gasteiger partial charge < -0.3 is 4.74 Å².